The molecule has 1 aromatic carbocycles. The fraction of sp³-hybridized carbons (Fsp3) is 0.538. The van der Waals surface area contributed by atoms with E-state index < -0.39 is 21.7 Å². The predicted octanol–water partition coefficient (Wildman–Crippen LogP) is 2.89. The smallest absolute Gasteiger partial charge is 0.212 e. The van der Waals surface area contributed by atoms with Crippen LogP contribution in [0.2, 0.25) is 0 Å². The van der Waals surface area contributed by atoms with Gasteiger partial charge >= 0.3 is 0 Å². The summed E-state index contributed by atoms with van der Waals surface area (Å²) in [5.74, 6) is -1.17. The Hall–Kier alpha value is -0.720. The Bertz CT molecular complexity index is 576. The van der Waals surface area contributed by atoms with E-state index in [0.717, 1.165) is 25.0 Å². The molecule has 0 N–H and O–H groups in total. The summed E-state index contributed by atoms with van der Waals surface area (Å²) in [6.45, 7) is -0.0542. The van der Waals surface area contributed by atoms with Crippen LogP contribution in [0, 0.1) is 11.6 Å². The van der Waals surface area contributed by atoms with Gasteiger partial charge in [0.15, 0.2) is 0 Å². The van der Waals surface area contributed by atoms with Crippen molar-refractivity contribution in [2.75, 3.05) is 11.6 Å². The molecule has 7 heteroatoms. The van der Waals surface area contributed by atoms with Crippen LogP contribution in [0.4, 0.5) is 8.78 Å². The molecular weight excluding hydrogens is 308 g/mol. The molecule has 0 heterocycles. The summed E-state index contributed by atoms with van der Waals surface area (Å²) in [4.78, 5) is 0. The summed E-state index contributed by atoms with van der Waals surface area (Å²) < 4.78 is 52.3. The molecule has 0 spiro atoms. The van der Waals surface area contributed by atoms with Crippen LogP contribution < -0.4 is 0 Å². The topological polar surface area (TPSA) is 37.4 Å². The molecule has 1 aromatic rings. The summed E-state index contributed by atoms with van der Waals surface area (Å²) in [5, 5.41) is 0. The zero-order valence-corrected chi connectivity index (χ0v) is 12.4. The van der Waals surface area contributed by atoms with Gasteiger partial charge in [0.25, 0.3) is 0 Å². The van der Waals surface area contributed by atoms with Crippen LogP contribution in [-0.4, -0.2) is 30.4 Å². The number of sulfonamides is 1. The van der Waals surface area contributed by atoms with Crippen molar-refractivity contribution in [2.45, 2.75) is 31.8 Å². The summed E-state index contributed by atoms with van der Waals surface area (Å²) in [6, 6.07) is 3.12. The third-order valence-corrected chi connectivity index (χ3v) is 5.40. The van der Waals surface area contributed by atoms with E-state index in [1.54, 1.807) is 0 Å². The molecule has 0 aliphatic heterocycles. The second-order valence-electron chi connectivity index (χ2n) is 4.87. The molecule has 0 atom stereocenters. The zero-order chi connectivity index (χ0) is 14.8. The maximum absolute atomic E-state index is 13.7. The van der Waals surface area contributed by atoms with E-state index in [0.29, 0.717) is 6.42 Å². The zero-order valence-electron chi connectivity index (χ0n) is 10.9. The fourth-order valence-corrected chi connectivity index (χ4v) is 4.03. The molecule has 0 aromatic heterocycles. The SMILES string of the molecule is O=S(=O)(CCCCl)N(Cc1ccc(F)cc1F)C1CC1. The highest BCUT2D eigenvalue weighted by Crippen LogP contribution is 2.31. The van der Waals surface area contributed by atoms with Gasteiger partial charge in [0.1, 0.15) is 11.6 Å². The third-order valence-electron chi connectivity index (χ3n) is 3.19. The van der Waals surface area contributed by atoms with E-state index in [1.807, 2.05) is 0 Å². The van der Waals surface area contributed by atoms with Gasteiger partial charge in [0.2, 0.25) is 10.0 Å². The molecule has 1 aliphatic carbocycles. The molecule has 0 saturated heterocycles. The molecular formula is C13H16ClF2NO2S. The first kappa shape index (κ1) is 15.7. The van der Waals surface area contributed by atoms with E-state index >= 15 is 0 Å². The number of nitrogens with zero attached hydrogens (tertiary/aromatic N) is 1. The summed E-state index contributed by atoms with van der Waals surface area (Å²) in [5.41, 5.74) is 0.188. The predicted molar refractivity (Wildman–Crippen MR) is 74.0 cm³/mol. The lowest BCUT2D eigenvalue weighted by Crippen LogP contribution is -2.35. The van der Waals surface area contributed by atoms with Crippen molar-refractivity contribution in [1.29, 1.82) is 0 Å². The molecule has 2 rings (SSSR count). The number of halogens is 3. The molecule has 3 nitrogen and oxygen atoms in total. The number of hydrogen-bond donors (Lipinski definition) is 0. The lowest BCUT2D eigenvalue weighted by Gasteiger charge is -2.22. The highest BCUT2D eigenvalue weighted by Gasteiger charge is 2.37. The van der Waals surface area contributed by atoms with Gasteiger partial charge in [-0.2, -0.15) is 4.31 Å². The average Bonchev–Trinajstić information content (AvgIpc) is 3.19. The van der Waals surface area contributed by atoms with Crippen LogP contribution in [0.25, 0.3) is 0 Å². The van der Waals surface area contributed by atoms with E-state index in [2.05, 4.69) is 0 Å². The molecule has 1 saturated carbocycles. The Labute approximate surface area is 122 Å². The quantitative estimate of drug-likeness (QED) is 0.724. The molecule has 0 unspecified atom stereocenters. The Balaban J connectivity index is 2.17. The second kappa shape index (κ2) is 6.37. The van der Waals surface area contributed by atoms with Gasteiger partial charge in [-0.05, 0) is 25.3 Å². The number of benzene rings is 1. The van der Waals surface area contributed by atoms with E-state index in [9.17, 15) is 17.2 Å². The lowest BCUT2D eigenvalue weighted by molar-refractivity contribution is 0.390. The van der Waals surface area contributed by atoms with Crippen molar-refractivity contribution in [3.8, 4) is 0 Å². The minimum absolute atomic E-state index is 0.0458. The normalized spacial score (nSPS) is 15.8. The molecule has 0 bridgehead atoms. The molecule has 112 valence electrons. The van der Waals surface area contributed by atoms with Crippen molar-refractivity contribution in [2.24, 2.45) is 0 Å². The Kier molecular flexibility index (Phi) is 4.99. The summed E-state index contributed by atoms with van der Waals surface area (Å²) in [7, 11) is -3.46. The monoisotopic (exact) mass is 323 g/mol. The van der Waals surface area contributed by atoms with Crippen LogP contribution in [0.1, 0.15) is 24.8 Å². The van der Waals surface area contributed by atoms with Crippen LogP contribution in [0.5, 0.6) is 0 Å². The number of alkyl halides is 1. The van der Waals surface area contributed by atoms with Gasteiger partial charge in [-0.3, -0.25) is 0 Å². The third kappa shape index (κ3) is 3.90. The van der Waals surface area contributed by atoms with Gasteiger partial charge in [-0.15, -0.1) is 11.6 Å². The molecule has 1 aliphatic rings. The molecule has 0 amide bonds. The number of hydrogen-bond acceptors (Lipinski definition) is 2. The van der Waals surface area contributed by atoms with Gasteiger partial charge < -0.3 is 0 Å². The summed E-state index contributed by atoms with van der Waals surface area (Å²) in [6.07, 6.45) is 1.92. The second-order valence-corrected chi connectivity index (χ2v) is 7.29. The number of rotatable bonds is 7. The highest BCUT2D eigenvalue weighted by atomic mass is 35.5. The van der Waals surface area contributed by atoms with Crippen molar-refractivity contribution in [3.63, 3.8) is 0 Å². The van der Waals surface area contributed by atoms with Gasteiger partial charge in [0.05, 0.1) is 5.75 Å². The molecule has 1 fully saturated rings. The average molecular weight is 324 g/mol. The van der Waals surface area contributed by atoms with Crippen LogP contribution in [0.15, 0.2) is 18.2 Å². The van der Waals surface area contributed by atoms with Crippen molar-refractivity contribution >= 4 is 21.6 Å². The van der Waals surface area contributed by atoms with Gasteiger partial charge in [0, 0.05) is 30.1 Å². The van der Waals surface area contributed by atoms with Crippen molar-refractivity contribution in [3.05, 3.63) is 35.4 Å². The first-order valence-electron chi connectivity index (χ1n) is 6.43. The standard InChI is InChI=1S/C13H16ClF2NO2S/c14-6-1-7-20(18,19)17(12-4-5-12)9-10-2-3-11(15)8-13(10)16/h2-3,8,12H,1,4-7,9H2. The minimum Gasteiger partial charge on any atom is -0.212 e. The molecule has 0 radical (unpaired) electrons. The van der Waals surface area contributed by atoms with Gasteiger partial charge in [-0.25, -0.2) is 17.2 Å². The highest BCUT2D eigenvalue weighted by molar-refractivity contribution is 7.89. The maximum Gasteiger partial charge on any atom is 0.214 e. The Morgan fingerprint density at radius 2 is 2.00 bits per heavy atom. The van der Waals surface area contributed by atoms with Gasteiger partial charge in [-0.1, -0.05) is 6.07 Å². The molecule has 20 heavy (non-hydrogen) atoms. The van der Waals surface area contributed by atoms with Crippen molar-refractivity contribution < 1.29 is 17.2 Å². The van der Waals surface area contributed by atoms with Crippen LogP contribution in [-0.2, 0) is 16.6 Å². The van der Waals surface area contributed by atoms with Crippen LogP contribution >= 0.6 is 11.6 Å². The summed E-state index contributed by atoms with van der Waals surface area (Å²) >= 11 is 5.53. The largest absolute Gasteiger partial charge is 0.214 e. The Morgan fingerprint density at radius 1 is 1.30 bits per heavy atom. The first-order chi connectivity index (χ1) is 9.44. The minimum atomic E-state index is -3.46. The first-order valence-corrected chi connectivity index (χ1v) is 8.58. The van der Waals surface area contributed by atoms with Crippen molar-refractivity contribution in [1.82, 2.24) is 4.31 Å². The van der Waals surface area contributed by atoms with E-state index in [4.69, 9.17) is 11.6 Å². The maximum atomic E-state index is 13.7. The fourth-order valence-electron chi connectivity index (χ4n) is 1.99. The Morgan fingerprint density at radius 3 is 2.55 bits per heavy atom. The van der Waals surface area contributed by atoms with E-state index in [1.165, 1.54) is 10.4 Å². The van der Waals surface area contributed by atoms with Crippen LogP contribution in [0.3, 0.4) is 0 Å². The van der Waals surface area contributed by atoms with E-state index in [-0.39, 0.29) is 29.8 Å². The lowest BCUT2D eigenvalue weighted by atomic mass is 10.2.